The van der Waals surface area contributed by atoms with Crippen molar-refractivity contribution in [2.75, 3.05) is 64.9 Å². The first-order valence-corrected chi connectivity index (χ1v) is 11.7. The fourth-order valence-electron chi connectivity index (χ4n) is 4.41. The summed E-state index contributed by atoms with van der Waals surface area (Å²) in [7, 11) is 3.66. The Morgan fingerprint density at radius 1 is 0.968 bits per heavy atom. The van der Waals surface area contributed by atoms with Gasteiger partial charge in [-0.15, -0.1) is 0 Å². The molecule has 1 N–H and O–H groups in total. The Kier molecular flexibility index (Phi) is 9.31. The van der Waals surface area contributed by atoms with E-state index in [1.165, 1.54) is 12.8 Å². The van der Waals surface area contributed by atoms with E-state index in [1.807, 2.05) is 28.0 Å². The summed E-state index contributed by atoms with van der Waals surface area (Å²) in [6.07, 6.45) is 6.64. The Balaban J connectivity index is 1.87. The number of amides is 2. The lowest BCUT2D eigenvalue weighted by molar-refractivity contribution is -0.122. The highest BCUT2D eigenvalue weighted by Gasteiger charge is 2.23. The third-order valence-corrected chi connectivity index (χ3v) is 6.24. The van der Waals surface area contributed by atoms with Gasteiger partial charge in [0.25, 0.3) is 11.8 Å². The van der Waals surface area contributed by atoms with Gasteiger partial charge in [0.05, 0.1) is 0 Å². The summed E-state index contributed by atoms with van der Waals surface area (Å²) in [6, 6.07) is 5.82. The average Bonchev–Trinajstić information content (AvgIpc) is 2.98. The maximum atomic E-state index is 13.2. The summed E-state index contributed by atoms with van der Waals surface area (Å²) in [5.41, 5.74) is 2.60. The van der Waals surface area contributed by atoms with Gasteiger partial charge in [-0.05, 0) is 63.2 Å². The van der Waals surface area contributed by atoms with Crippen LogP contribution in [-0.4, -0.2) is 81.6 Å². The molecular weight excluding hydrogens is 392 g/mol. The van der Waals surface area contributed by atoms with Crippen LogP contribution < -0.4 is 10.2 Å². The van der Waals surface area contributed by atoms with E-state index >= 15 is 0 Å². The second-order valence-corrected chi connectivity index (χ2v) is 8.72. The van der Waals surface area contributed by atoms with E-state index < -0.39 is 0 Å². The van der Waals surface area contributed by atoms with Gasteiger partial charge in [-0.2, -0.15) is 0 Å². The lowest BCUT2D eigenvalue weighted by Crippen LogP contribution is -2.37. The zero-order valence-corrected chi connectivity index (χ0v) is 19.2. The number of anilines is 1. The van der Waals surface area contributed by atoms with Crippen LogP contribution in [0.1, 0.15) is 54.4 Å². The van der Waals surface area contributed by atoms with Gasteiger partial charge in [-0.1, -0.05) is 19.3 Å². The standard InChI is InChI=1S/C24H38N4O3/c1-26-12-8-13-27(16-15-26)24(30)20-9-10-22-21(17-20)18-25-11-6-4-3-5-7-14-28(22)23(29)19-31-2/h9-10,17,25H,3-8,11-16,18-19H2,1-2H3. The average molecular weight is 431 g/mol. The third kappa shape index (κ3) is 6.76. The van der Waals surface area contributed by atoms with E-state index in [4.69, 9.17) is 4.74 Å². The van der Waals surface area contributed by atoms with Crippen LogP contribution in [0, 0.1) is 0 Å². The molecule has 0 spiro atoms. The van der Waals surface area contributed by atoms with Gasteiger partial charge in [0.2, 0.25) is 0 Å². The molecule has 1 fully saturated rings. The van der Waals surface area contributed by atoms with Crippen molar-refractivity contribution in [3.05, 3.63) is 29.3 Å². The van der Waals surface area contributed by atoms with Crippen molar-refractivity contribution in [3.63, 3.8) is 0 Å². The first-order valence-electron chi connectivity index (χ1n) is 11.7. The van der Waals surface area contributed by atoms with Crippen LogP contribution in [0.5, 0.6) is 0 Å². The molecule has 2 amide bonds. The summed E-state index contributed by atoms with van der Waals surface area (Å²) in [5.74, 6) is 0.0504. The summed E-state index contributed by atoms with van der Waals surface area (Å²) in [6.45, 7) is 5.81. The molecule has 31 heavy (non-hydrogen) atoms. The summed E-state index contributed by atoms with van der Waals surface area (Å²) in [5, 5.41) is 3.51. The molecule has 1 aromatic carbocycles. The molecule has 7 heteroatoms. The highest BCUT2D eigenvalue weighted by atomic mass is 16.5. The first kappa shape index (κ1) is 23.7. The zero-order chi connectivity index (χ0) is 22.1. The van der Waals surface area contributed by atoms with Crippen LogP contribution in [-0.2, 0) is 16.1 Å². The monoisotopic (exact) mass is 430 g/mol. The van der Waals surface area contributed by atoms with Crippen LogP contribution in [0.2, 0.25) is 0 Å². The molecule has 1 aromatic rings. The number of carbonyl (C=O) groups excluding carboxylic acids is 2. The summed E-state index contributed by atoms with van der Waals surface area (Å²) < 4.78 is 5.13. The Morgan fingerprint density at radius 2 is 1.77 bits per heavy atom. The molecule has 3 rings (SSSR count). The molecular formula is C24H38N4O3. The maximum absolute atomic E-state index is 13.2. The number of ether oxygens (including phenoxy) is 1. The zero-order valence-electron chi connectivity index (χ0n) is 19.2. The number of hydrogen-bond donors (Lipinski definition) is 1. The van der Waals surface area contributed by atoms with Crippen LogP contribution in [0.25, 0.3) is 0 Å². The van der Waals surface area contributed by atoms with E-state index in [0.29, 0.717) is 18.7 Å². The molecule has 1 saturated heterocycles. The van der Waals surface area contributed by atoms with E-state index in [9.17, 15) is 9.59 Å². The SMILES string of the molecule is COCC(=O)N1CCCCCCCNCc2cc(C(=O)N3CCCN(C)CC3)ccc21. The molecule has 0 bridgehead atoms. The minimum Gasteiger partial charge on any atom is -0.375 e. The minimum atomic E-state index is -0.0320. The highest BCUT2D eigenvalue weighted by Crippen LogP contribution is 2.25. The van der Waals surface area contributed by atoms with Crippen LogP contribution in [0.4, 0.5) is 5.69 Å². The highest BCUT2D eigenvalue weighted by molar-refractivity contribution is 5.98. The number of carbonyl (C=O) groups is 2. The Hall–Kier alpha value is -1.96. The fourth-order valence-corrected chi connectivity index (χ4v) is 4.41. The Labute approximate surface area is 186 Å². The smallest absolute Gasteiger partial charge is 0.253 e. The molecule has 172 valence electrons. The molecule has 0 aliphatic carbocycles. The van der Waals surface area contributed by atoms with Crippen molar-refractivity contribution >= 4 is 17.5 Å². The summed E-state index contributed by atoms with van der Waals surface area (Å²) >= 11 is 0. The predicted octanol–water partition coefficient (Wildman–Crippen LogP) is 2.50. The second-order valence-electron chi connectivity index (χ2n) is 8.72. The molecule has 2 aliphatic rings. The molecule has 0 radical (unpaired) electrons. The Bertz CT molecular complexity index is 740. The molecule has 7 nitrogen and oxygen atoms in total. The van der Waals surface area contributed by atoms with Gasteiger partial charge in [0.15, 0.2) is 0 Å². The predicted molar refractivity (Wildman–Crippen MR) is 123 cm³/mol. The van der Waals surface area contributed by atoms with Gasteiger partial charge in [0.1, 0.15) is 6.61 Å². The second kappa shape index (κ2) is 12.2. The number of benzene rings is 1. The van der Waals surface area contributed by atoms with Gasteiger partial charge < -0.3 is 24.8 Å². The van der Waals surface area contributed by atoms with Crippen molar-refractivity contribution in [1.82, 2.24) is 15.1 Å². The topological polar surface area (TPSA) is 65.1 Å². The number of nitrogens with one attached hydrogen (secondary N) is 1. The molecule has 0 unspecified atom stereocenters. The fraction of sp³-hybridized carbons (Fsp3) is 0.667. The van der Waals surface area contributed by atoms with Gasteiger partial charge in [0, 0.05) is 51.1 Å². The molecule has 2 aliphatic heterocycles. The van der Waals surface area contributed by atoms with Crippen molar-refractivity contribution in [2.45, 2.75) is 45.1 Å². The lowest BCUT2D eigenvalue weighted by Gasteiger charge is -2.27. The number of methoxy groups -OCH3 is 1. The number of hydrogen-bond acceptors (Lipinski definition) is 5. The van der Waals surface area contributed by atoms with Crippen molar-refractivity contribution < 1.29 is 14.3 Å². The number of rotatable bonds is 3. The molecule has 0 atom stereocenters. The normalized spacial score (nSPS) is 19.7. The van der Waals surface area contributed by atoms with E-state index in [-0.39, 0.29) is 18.4 Å². The van der Waals surface area contributed by atoms with E-state index in [1.54, 1.807) is 7.11 Å². The van der Waals surface area contributed by atoms with Crippen molar-refractivity contribution in [2.24, 2.45) is 0 Å². The number of nitrogens with zero attached hydrogens (tertiary/aromatic N) is 3. The van der Waals surface area contributed by atoms with Crippen molar-refractivity contribution in [3.8, 4) is 0 Å². The molecule has 0 saturated carbocycles. The number of likely N-dealkylation sites (N-methyl/N-ethyl adjacent to an activating group) is 1. The summed E-state index contributed by atoms with van der Waals surface area (Å²) in [4.78, 5) is 32.1. The Morgan fingerprint density at radius 3 is 2.61 bits per heavy atom. The third-order valence-electron chi connectivity index (χ3n) is 6.24. The van der Waals surface area contributed by atoms with Crippen molar-refractivity contribution in [1.29, 1.82) is 0 Å². The minimum absolute atomic E-state index is 0.0320. The van der Waals surface area contributed by atoms with Crippen LogP contribution in [0.15, 0.2) is 18.2 Å². The van der Waals surface area contributed by atoms with Crippen LogP contribution >= 0.6 is 0 Å². The van der Waals surface area contributed by atoms with Gasteiger partial charge in [-0.25, -0.2) is 0 Å². The number of fused-ring (bicyclic) bond motifs is 1. The largest absolute Gasteiger partial charge is 0.375 e. The maximum Gasteiger partial charge on any atom is 0.253 e. The van der Waals surface area contributed by atoms with Crippen LogP contribution in [0.3, 0.4) is 0 Å². The molecule has 0 aromatic heterocycles. The lowest BCUT2D eigenvalue weighted by atomic mass is 10.0. The van der Waals surface area contributed by atoms with E-state index in [0.717, 1.165) is 69.7 Å². The first-order chi connectivity index (χ1) is 15.1. The van der Waals surface area contributed by atoms with E-state index in [2.05, 4.69) is 17.3 Å². The quantitative estimate of drug-likeness (QED) is 0.798. The van der Waals surface area contributed by atoms with Gasteiger partial charge >= 0.3 is 0 Å². The van der Waals surface area contributed by atoms with Gasteiger partial charge in [-0.3, -0.25) is 9.59 Å². The molecule has 2 heterocycles.